The number of aliphatic hydroxyl groups is 1. The average Bonchev–Trinajstić information content (AvgIpc) is 2.40. The van der Waals surface area contributed by atoms with E-state index in [9.17, 15) is 4.79 Å². The largest absolute Gasteiger partial charge is 0.394 e. The number of rotatable bonds is 6. The number of carbonyl (C=O) groups is 1. The summed E-state index contributed by atoms with van der Waals surface area (Å²) in [5, 5.41) is 11.6. The van der Waals surface area contributed by atoms with Crippen LogP contribution in [0.5, 0.6) is 0 Å². The van der Waals surface area contributed by atoms with Crippen molar-refractivity contribution in [2.75, 3.05) is 24.6 Å². The second-order valence-electron chi connectivity index (χ2n) is 4.28. The number of benzene rings is 1. The molecule has 0 unspecified atom stereocenters. The van der Waals surface area contributed by atoms with Gasteiger partial charge in [-0.2, -0.15) is 0 Å². The topological polar surface area (TPSA) is 52.6 Å². The van der Waals surface area contributed by atoms with Gasteiger partial charge in [0, 0.05) is 30.4 Å². The molecule has 0 aromatic heterocycles. The van der Waals surface area contributed by atoms with E-state index < -0.39 is 0 Å². The Morgan fingerprint density at radius 1 is 1.28 bits per heavy atom. The van der Waals surface area contributed by atoms with Gasteiger partial charge in [0.2, 0.25) is 0 Å². The lowest BCUT2D eigenvalue weighted by atomic mass is 10.1. The number of hydrogen-bond donors (Lipinski definition) is 2. The third-order valence-corrected chi connectivity index (χ3v) is 2.91. The zero-order valence-corrected chi connectivity index (χ0v) is 11.3. The molecule has 2 N–H and O–H groups in total. The van der Waals surface area contributed by atoms with Gasteiger partial charge in [0.15, 0.2) is 0 Å². The van der Waals surface area contributed by atoms with Crippen LogP contribution in [0.25, 0.3) is 0 Å². The number of carbonyl (C=O) groups excluding carboxylic acids is 1. The fourth-order valence-electron chi connectivity index (χ4n) is 1.77. The quantitative estimate of drug-likeness (QED) is 0.807. The second-order valence-corrected chi connectivity index (χ2v) is 4.28. The summed E-state index contributed by atoms with van der Waals surface area (Å²) in [7, 11) is 0. The molecule has 0 radical (unpaired) electrons. The summed E-state index contributed by atoms with van der Waals surface area (Å²) in [6.45, 7) is 7.82. The smallest absolute Gasteiger partial charge is 0.251 e. The standard InChI is InChI=1S/C14H22N2O2/c1-4-16(5-2)13-8-6-12(7-9-13)14(18)15-11(3)10-17/h6-9,11,17H,4-5,10H2,1-3H3,(H,15,18)/t11-/m1/s1. The molecule has 0 saturated carbocycles. The lowest BCUT2D eigenvalue weighted by Gasteiger charge is -2.21. The van der Waals surface area contributed by atoms with E-state index in [-0.39, 0.29) is 18.6 Å². The van der Waals surface area contributed by atoms with Gasteiger partial charge in [0.1, 0.15) is 0 Å². The molecular formula is C14H22N2O2. The third kappa shape index (κ3) is 3.74. The normalized spacial score (nSPS) is 12.0. The van der Waals surface area contributed by atoms with Crippen molar-refractivity contribution in [2.45, 2.75) is 26.8 Å². The highest BCUT2D eigenvalue weighted by Gasteiger charge is 2.09. The molecular weight excluding hydrogens is 228 g/mol. The zero-order chi connectivity index (χ0) is 13.5. The number of aliphatic hydroxyl groups excluding tert-OH is 1. The van der Waals surface area contributed by atoms with Gasteiger partial charge in [0.25, 0.3) is 5.91 Å². The van der Waals surface area contributed by atoms with E-state index in [0.29, 0.717) is 5.56 Å². The van der Waals surface area contributed by atoms with E-state index >= 15 is 0 Å². The summed E-state index contributed by atoms with van der Waals surface area (Å²) in [4.78, 5) is 14.0. The molecule has 0 saturated heterocycles. The second kappa shape index (κ2) is 7.01. The Balaban J connectivity index is 2.73. The predicted molar refractivity (Wildman–Crippen MR) is 74.0 cm³/mol. The summed E-state index contributed by atoms with van der Waals surface area (Å²) in [6, 6.07) is 7.30. The lowest BCUT2D eigenvalue weighted by molar-refractivity contribution is 0.0922. The molecule has 4 heteroatoms. The first-order valence-corrected chi connectivity index (χ1v) is 6.39. The molecule has 1 aromatic carbocycles. The highest BCUT2D eigenvalue weighted by Crippen LogP contribution is 2.14. The fourth-order valence-corrected chi connectivity index (χ4v) is 1.77. The Morgan fingerprint density at radius 2 is 1.83 bits per heavy atom. The molecule has 0 aliphatic rings. The van der Waals surface area contributed by atoms with Crippen molar-refractivity contribution >= 4 is 11.6 Å². The highest BCUT2D eigenvalue weighted by molar-refractivity contribution is 5.94. The van der Waals surface area contributed by atoms with Crippen molar-refractivity contribution in [1.82, 2.24) is 5.32 Å². The average molecular weight is 250 g/mol. The van der Waals surface area contributed by atoms with Crippen molar-refractivity contribution in [3.05, 3.63) is 29.8 Å². The maximum Gasteiger partial charge on any atom is 0.251 e. The minimum absolute atomic E-state index is 0.0523. The van der Waals surface area contributed by atoms with Crippen LogP contribution in [0.4, 0.5) is 5.69 Å². The van der Waals surface area contributed by atoms with Crippen LogP contribution in [0, 0.1) is 0 Å². The van der Waals surface area contributed by atoms with E-state index in [1.165, 1.54) is 0 Å². The summed E-state index contributed by atoms with van der Waals surface area (Å²) < 4.78 is 0. The Labute approximate surface area is 109 Å². The van der Waals surface area contributed by atoms with E-state index in [1.807, 2.05) is 24.3 Å². The van der Waals surface area contributed by atoms with Gasteiger partial charge in [-0.05, 0) is 45.0 Å². The van der Waals surface area contributed by atoms with Crippen LogP contribution in [0.1, 0.15) is 31.1 Å². The number of hydrogen-bond acceptors (Lipinski definition) is 3. The summed E-state index contributed by atoms with van der Waals surface area (Å²) in [5.74, 6) is -0.150. The fraction of sp³-hybridized carbons (Fsp3) is 0.500. The molecule has 0 aliphatic heterocycles. The monoisotopic (exact) mass is 250 g/mol. The van der Waals surface area contributed by atoms with Crippen molar-refractivity contribution in [1.29, 1.82) is 0 Å². The van der Waals surface area contributed by atoms with Gasteiger partial charge < -0.3 is 15.3 Å². The maximum atomic E-state index is 11.8. The molecule has 18 heavy (non-hydrogen) atoms. The van der Waals surface area contributed by atoms with Gasteiger partial charge in [-0.15, -0.1) is 0 Å². The molecule has 1 rings (SSSR count). The first-order chi connectivity index (χ1) is 8.62. The molecule has 1 amide bonds. The first-order valence-electron chi connectivity index (χ1n) is 6.39. The van der Waals surface area contributed by atoms with Gasteiger partial charge in [-0.1, -0.05) is 0 Å². The SMILES string of the molecule is CCN(CC)c1ccc(C(=O)N[C@H](C)CO)cc1. The summed E-state index contributed by atoms with van der Waals surface area (Å²) in [5.41, 5.74) is 1.73. The predicted octanol–water partition coefficient (Wildman–Crippen LogP) is 1.64. The Morgan fingerprint density at radius 3 is 2.28 bits per heavy atom. The van der Waals surface area contributed by atoms with E-state index in [4.69, 9.17) is 5.11 Å². The van der Waals surface area contributed by atoms with Gasteiger partial charge >= 0.3 is 0 Å². The van der Waals surface area contributed by atoms with Crippen LogP contribution in [0.15, 0.2) is 24.3 Å². The molecule has 0 heterocycles. The van der Waals surface area contributed by atoms with Crippen LogP contribution in [0.2, 0.25) is 0 Å². The van der Waals surface area contributed by atoms with Gasteiger partial charge in [-0.25, -0.2) is 0 Å². The highest BCUT2D eigenvalue weighted by atomic mass is 16.3. The molecule has 4 nitrogen and oxygen atoms in total. The van der Waals surface area contributed by atoms with E-state index in [2.05, 4.69) is 24.1 Å². The van der Waals surface area contributed by atoms with Crippen LogP contribution in [-0.2, 0) is 0 Å². The van der Waals surface area contributed by atoms with Crippen LogP contribution < -0.4 is 10.2 Å². The number of nitrogens with one attached hydrogen (secondary N) is 1. The van der Waals surface area contributed by atoms with Crippen molar-refractivity contribution in [3.63, 3.8) is 0 Å². The summed E-state index contributed by atoms with van der Waals surface area (Å²) in [6.07, 6.45) is 0. The van der Waals surface area contributed by atoms with Gasteiger partial charge in [0.05, 0.1) is 6.61 Å². The van der Waals surface area contributed by atoms with Crippen LogP contribution in [-0.4, -0.2) is 36.8 Å². The maximum absolute atomic E-state index is 11.8. The molecule has 1 atom stereocenters. The van der Waals surface area contributed by atoms with Crippen molar-refractivity contribution < 1.29 is 9.90 Å². The molecule has 1 aromatic rings. The van der Waals surface area contributed by atoms with Crippen LogP contribution in [0.3, 0.4) is 0 Å². The lowest BCUT2D eigenvalue weighted by Crippen LogP contribution is -2.35. The molecule has 0 bridgehead atoms. The minimum Gasteiger partial charge on any atom is -0.394 e. The minimum atomic E-state index is -0.222. The number of anilines is 1. The Bertz CT molecular complexity index is 372. The van der Waals surface area contributed by atoms with Gasteiger partial charge in [-0.3, -0.25) is 4.79 Å². The number of nitrogens with zero attached hydrogens (tertiary/aromatic N) is 1. The van der Waals surface area contributed by atoms with E-state index in [1.54, 1.807) is 6.92 Å². The molecule has 0 aliphatic carbocycles. The molecule has 0 spiro atoms. The van der Waals surface area contributed by atoms with E-state index in [0.717, 1.165) is 18.8 Å². The van der Waals surface area contributed by atoms with Crippen molar-refractivity contribution in [3.8, 4) is 0 Å². The third-order valence-electron chi connectivity index (χ3n) is 2.91. The Kier molecular flexibility index (Phi) is 5.65. The molecule has 0 fully saturated rings. The first kappa shape index (κ1) is 14.5. The van der Waals surface area contributed by atoms with Crippen molar-refractivity contribution in [2.24, 2.45) is 0 Å². The number of amides is 1. The Hall–Kier alpha value is -1.55. The van der Waals surface area contributed by atoms with Crippen LogP contribution >= 0.6 is 0 Å². The zero-order valence-electron chi connectivity index (χ0n) is 11.3. The molecule has 100 valence electrons. The summed E-state index contributed by atoms with van der Waals surface area (Å²) >= 11 is 0.